The highest BCUT2D eigenvalue weighted by atomic mass is 16.9. The smallest absolute Gasteiger partial charge is 0.416 e. The monoisotopic (exact) mass is 337 g/mol. The molecule has 1 aromatic rings. The number of amides is 1. The van der Waals surface area contributed by atoms with Gasteiger partial charge in [-0.25, -0.2) is 9.69 Å². The van der Waals surface area contributed by atoms with Crippen LogP contribution >= 0.6 is 0 Å². The molecule has 0 N–H and O–H groups in total. The van der Waals surface area contributed by atoms with Gasteiger partial charge in [-0.2, -0.15) is 0 Å². The zero-order valence-electron chi connectivity index (χ0n) is 14.1. The van der Waals surface area contributed by atoms with E-state index in [1.165, 1.54) is 11.2 Å². The first-order valence-corrected chi connectivity index (χ1v) is 8.06. The van der Waals surface area contributed by atoms with Crippen LogP contribution in [0.1, 0.15) is 20.3 Å². The summed E-state index contributed by atoms with van der Waals surface area (Å²) in [6.07, 6.45) is 1.64. The van der Waals surface area contributed by atoms with Crippen molar-refractivity contribution in [3.05, 3.63) is 30.5 Å². The van der Waals surface area contributed by atoms with E-state index in [4.69, 9.17) is 23.4 Å². The van der Waals surface area contributed by atoms with Gasteiger partial charge in [0.05, 0.1) is 38.1 Å². The molecule has 1 amide bonds. The number of fused-ring (bicyclic) bond motifs is 3. The Morgan fingerprint density at radius 3 is 2.54 bits per heavy atom. The molecule has 7 heteroatoms. The lowest BCUT2D eigenvalue weighted by Crippen LogP contribution is -2.59. The van der Waals surface area contributed by atoms with Gasteiger partial charge in [0.2, 0.25) is 5.88 Å². The fourth-order valence-electron chi connectivity index (χ4n) is 2.79. The number of carbonyl (C=O) groups is 1. The van der Waals surface area contributed by atoms with Crippen LogP contribution in [0.3, 0.4) is 0 Å². The molecule has 0 unspecified atom stereocenters. The molecular weight excluding hydrogens is 314 g/mol. The Balaban J connectivity index is 1.64. The molecule has 132 valence electrons. The van der Waals surface area contributed by atoms with Crippen LogP contribution < -0.4 is 4.90 Å². The van der Waals surface area contributed by atoms with Crippen LogP contribution in [0.5, 0.6) is 0 Å². The number of nitrogens with zero attached hydrogens (tertiary/aromatic N) is 1. The third kappa shape index (κ3) is 3.19. The minimum absolute atomic E-state index is 0.301. The van der Waals surface area contributed by atoms with Gasteiger partial charge in [0.15, 0.2) is 0 Å². The SMILES string of the molecule is C=C(CCN(C(=O)OCC)c1ccco1)C12COC(C)(OC1)OC2. The molecule has 3 aliphatic rings. The summed E-state index contributed by atoms with van der Waals surface area (Å²) in [5, 5.41) is 0. The number of rotatable bonds is 6. The molecule has 0 aliphatic carbocycles. The number of ether oxygens (including phenoxy) is 4. The van der Waals surface area contributed by atoms with E-state index in [1.54, 1.807) is 26.0 Å². The number of anilines is 1. The molecule has 4 rings (SSSR count). The predicted molar refractivity (Wildman–Crippen MR) is 85.5 cm³/mol. The Morgan fingerprint density at radius 2 is 2.00 bits per heavy atom. The van der Waals surface area contributed by atoms with Crippen LogP contribution in [0, 0.1) is 5.41 Å². The Labute approximate surface area is 141 Å². The number of carbonyl (C=O) groups excluding carboxylic acids is 1. The van der Waals surface area contributed by atoms with E-state index in [0.717, 1.165) is 5.57 Å². The van der Waals surface area contributed by atoms with E-state index >= 15 is 0 Å². The van der Waals surface area contributed by atoms with Crippen molar-refractivity contribution in [2.45, 2.75) is 26.2 Å². The van der Waals surface area contributed by atoms with Gasteiger partial charge in [-0.05, 0) is 19.4 Å². The van der Waals surface area contributed by atoms with Crippen molar-refractivity contribution in [2.24, 2.45) is 5.41 Å². The lowest BCUT2D eigenvalue weighted by Gasteiger charge is -2.51. The van der Waals surface area contributed by atoms with Gasteiger partial charge in [0.1, 0.15) is 0 Å². The van der Waals surface area contributed by atoms with Crippen molar-refractivity contribution in [3.63, 3.8) is 0 Å². The average Bonchev–Trinajstić information content (AvgIpc) is 3.10. The van der Waals surface area contributed by atoms with Crippen molar-refractivity contribution < 1.29 is 28.2 Å². The second-order valence-electron chi connectivity index (χ2n) is 6.16. The zero-order chi connectivity index (χ0) is 17.2. The molecular formula is C17H23NO6. The minimum Gasteiger partial charge on any atom is -0.449 e. The van der Waals surface area contributed by atoms with Crippen molar-refractivity contribution in [1.82, 2.24) is 0 Å². The average molecular weight is 337 g/mol. The quantitative estimate of drug-likeness (QED) is 0.743. The number of furan rings is 1. The fourth-order valence-corrected chi connectivity index (χ4v) is 2.79. The first-order chi connectivity index (χ1) is 11.5. The van der Waals surface area contributed by atoms with E-state index < -0.39 is 12.1 Å². The molecule has 24 heavy (non-hydrogen) atoms. The maximum absolute atomic E-state index is 12.2. The van der Waals surface area contributed by atoms with Gasteiger partial charge in [-0.15, -0.1) is 0 Å². The topological polar surface area (TPSA) is 70.4 Å². The second-order valence-corrected chi connectivity index (χ2v) is 6.16. The molecule has 4 heterocycles. The van der Waals surface area contributed by atoms with Gasteiger partial charge >= 0.3 is 6.09 Å². The summed E-state index contributed by atoms with van der Waals surface area (Å²) in [4.78, 5) is 13.6. The molecule has 3 aliphatic heterocycles. The van der Waals surface area contributed by atoms with E-state index in [1.807, 2.05) is 0 Å². The van der Waals surface area contributed by atoms with Crippen LogP contribution in [-0.2, 0) is 18.9 Å². The molecule has 0 aromatic carbocycles. The Bertz CT molecular complexity index is 572. The Morgan fingerprint density at radius 1 is 1.33 bits per heavy atom. The fraction of sp³-hybridized carbons (Fsp3) is 0.588. The third-order valence-electron chi connectivity index (χ3n) is 4.48. The van der Waals surface area contributed by atoms with Crippen LogP contribution in [0.4, 0.5) is 10.7 Å². The molecule has 7 nitrogen and oxygen atoms in total. The number of hydrogen-bond donors (Lipinski definition) is 0. The van der Waals surface area contributed by atoms with Gasteiger partial charge in [0, 0.05) is 19.5 Å². The van der Waals surface area contributed by atoms with Crippen molar-refractivity contribution in [3.8, 4) is 0 Å². The van der Waals surface area contributed by atoms with Crippen molar-refractivity contribution in [2.75, 3.05) is 37.9 Å². The largest absolute Gasteiger partial charge is 0.449 e. The van der Waals surface area contributed by atoms with Crippen molar-refractivity contribution >= 4 is 12.0 Å². The van der Waals surface area contributed by atoms with E-state index in [0.29, 0.717) is 45.3 Å². The molecule has 1 aromatic heterocycles. The summed E-state index contributed by atoms with van der Waals surface area (Å²) < 4.78 is 27.3. The maximum Gasteiger partial charge on any atom is 0.416 e. The predicted octanol–water partition coefficient (Wildman–Crippen LogP) is 2.93. The first kappa shape index (κ1) is 17.0. The molecule has 0 atom stereocenters. The highest BCUT2D eigenvalue weighted by Crippen LogP contribution is 2.43. The zero-order valence-corrected chi connectivity index (χ0v) is 14.1. The minimum atomic E-state index is -0.937. The number of hydrogen-bond acceptors (Lipinski definition) is 6. The van der Waals surface area contributed by atoms with Gasteiger partial charge in [-0.3, -0.25) is 0 Å². The van der Waals surface area contributed by atoms with E-state index in [2.05, 4.69) is 6.58 Å². The van der Waals surface area contributed by atoms with Crippen LogP contribution in [-0.4, -0.2) is 45.0 Å². The Kier molecular flexibility index (Phi) is 4.67. The summed E-state index contributed by atoms with van der Waals surface area (Å²) in [6.45, 7) is 9.91. The molecule has 0 radical (unpaired) electrons. The lowest BCUT2D eigenvalue weighted by atomic mass is 9.80. The highest BCUT2D eigenvalue weighted by molar-refractivity contribution is 5.85. The van der Waals surface area contributed by atoms with E-state index in [-0.39, 0.29) is 5.41 Å². The molecule has 2 bridgehead atoms. The molecule has 0 spiro atoms. The highest BCUT2D eigenvalue weighted by Gasteiger charge is 2.51. The van der Waals surface area contributed by atoms with E-state index in [9.17, 15) is 4.79 Å². The summed E-state index contributed by atoms with van der Waals surface area (Å²) in [7, 11) is 0. The first-order valence-electron chi connectivity index (χ1n) is 8.06. The standard InChI is InChI=1S/C17H23NO6/c1-4-20-15(19)18(14-6-5-9-21-14)8-7-13(2)17-10-22-16(3,23-11-17)24-12-17/h5-6,9H,2,4,7-8,10-12H2,1,3H3. The summed E-state index contributed by atoms with van der Waals surface area (Å²) in [6, 6.07) is 3.45. The normalized spacial score (nSPS) is 28.6. The summed E-state index contributed by atoms with van der Waals surface area (Å²) in [5.74, 6) is -0.491. The summed E-state index contributed by atoms with van der Waals surface area (Å²) in [5.41, 5.74) is 0.548. The Hall–Kier alpha value is -1.83. The van der Waals surface area contributed by atoms with Gasteiger partial charge in [0.25, 0.3) is 5.97 Å². The van der Waals surface area contributed by atoms with Crippen LogP contribution in [0.2, 0.25) is 0 Å². The van der Waals surface area contributed by atoms with Crippen LogP contribution in [0.25, 0.3) is 0 Å². The van der Waals surface area contributed by atoms with Gasteiger partial charge in [-0.1, -0.05) is 12.2 Å². The van der Waals surface area contributed by atoms with Gasteiger partial charge < -0.3 is 23.4 Å². The second kappa shape index (κ2) is 6.58. The van der Waals surface area contributed by atoms with Crippen LogP contribution in [0.15, 0.2) is 35.0 Å². The molecule has 3 fully saturated rings. The third-order valence-corrected chi connectivity index (χ3v) is 4.48. The lowest BCUT2D eigenvalue weighted by molar-refractivity contribution is -0.454. The maximum atomic E-state index is 12.2. The molecule has 3 saturated heterocycles. The molecule has 0 saturated carbocycles. The summed E-state index contributed by atoms with van der Waals surface area (Å²) >= 11 is 0. The van der Waals surface area contributed by atoms with Crippen molar-refractivity contribution in [1.29, 1.82) is 0 Å².